The molecule has 522 valence electrons. The Morgan fingerprint density at radius 1 is 0.340 bits per heavy atom. The van der Waals surface area contributed by atoms with Crippen LogP contribution in [0.3, 0.4) is 0 Å². The third kappa shape index (κ3) is 17.7. The van der Waals surface area contributed by atoms with Crippen LogP contribution in [0.4, 0.5) is 0 Å². The summed E-state index contributed by atoms with van der Waals surface area (Å²) in [7, 11) is 0. The van der Waals surface area contributed by atoms with Gasteiger partial charge >= 0.3 is 35.8 Å². The molecule has 0 bridgehead atoms. The Hall–Kier alpha value is -10.1. The van der Waals surface area contributed by atoms with E-state index in [0.29, 0.717) is 93.2 Å². The van der Waals surface area contributed by atoms with E-state index in [4.69, 9.17) is 28.4 Å². The molecule has 0 amide bonds. The maximum absolute atomic E-state index is 13.0. The number of rotatable bonds is 16. The molecular formula is C86H94O14. The largest absolute Gasteiger partial charge is 0.507 e. The van der Waals surface area contributed by atoms with Crippen LogP contribution in [0.5, 0.6) is 46.0 Å². The lowest BCUT2D eigenvalue weighted by Crippen LogP contribution is -2.33. The molecule has 12 rings (SSSR count). The monoisotopic (exact) mass is 1350 g/mol. The number of benzene rings is 10. The normalized spacial score (nSPS) is 15.3. The van der Waals surface area contributed by atoms with Crippen LogP contribution < -0.4 is 28.4 Å². The number of carbonyl (C=O) groups is 6. The number of aromatic hydroxyl groups is 2. The predicted molar refractivity (Wildman–Crippen MR) is 395 cm³/mol. The summed E-state index contributed by atoms with van der Waals surface area (Å²) in [5, 5.41) is 27.5. The molecule has 10 aromatic carbocycles. The van der Waals surface area contributed by atoms with Crippen molar-refractivity contribution < 1.29 is 67.4 Å². The van der Waals surface area contributed by atoms with Crippen LogP contribution in [0.25, 0.3) is 53.9 Å². The average Bonchev–Trinajstić information content (AvgIpc) is 0.805. The first-order valence-electron chi connectivity index (χ1n) is 35.0. The molecule has 2 aliphatic rings. The van der Waals surface area contributed by atoms with Gasteiger partial charge in [0.1, 0.15) is 46.0 Å². The van der Waals surface area contributed by atoms with Gasteiger partial charge in [0, 0.05) is 43.1 Å². The van der Waals surface area contributed by atoms with Crippen molar-refractivity contribution in [1.82, 2.24) is 0 Å². The topological polar surface area (TPSA) is 198 Å². The number of hydrogen-bond donors (Lipinski definition) is 2. The van der Waals surface area contributed by atoms with Crippen LogP contribution in [-0.4, -0.2) is 46.0 Å². The standard InChI is InChI=1S/C27H34O4.C27H24O4.2C16H18O3/c2*1-4-27(2,3)26(29)31-24-16-15-23(21-11-7-8-12-22(21)24)30-25(28)20-14-13-18-9-5-6-10-19(18)17-20;2*1-4-16(2,3)15(18)19-14-10-9-13(17)11-7-5-6-8-12(11)14/h7-8,11-12,15-16,18-20H,4-6,9-10,13-14,17H2,1-3H3;5-17H,4H2,1-3H3;2*5-10,17H,4H2,1-3H3. The van der Waals surface area contributed by atoms with Crippen LogP contribution in [0.1, 0.15) is 164 Å². The predicted octanol–water partition coefficient (Wildman–Crippen LogP) is 21.0. The molecule has 0 aromatic heterocycles. The SMILES string of the molecule is CCC(C)(C)C(=O)Oc1ccc(O)c2ccccc12.CCC(C)(C)C(=O)Oc1ccc(O)c2ccccc12.CCC(C)(C)C(=O)Oc1ccc(OC(=O)C2CCC3CCCCC3C2)c2ccccc12.CCC(C)(C)C(=O)Oc1ccc(OC(=O)c2ccc3ccccc3c2)c2ccccc12. The van der Waals surface area contributed by atoms with Crippen LogP contribution in [0.2, 0.25) is 0 Å². The second kappa shape index (κ2) is 32.3. The number of esters is 6. The minimum Gasteiger partial charge on any atom is -0.507 e. The molecule has 2 N–H and O–H groups in total. The van der Waals surface area contributed by atoms with Gasteiger partial charge < -0.3 is 38.6 Å². The Morgan fingerprint density at radius 3 is 1.03 bits per heavy atom. The van der Waals surface area contributed by atoms with E-state index in [2.05, 4.69) is 0 Å². The zero-order chi connectivity index (χ0) is 72.1. The van der Waals surface area contributed by atoms with Crippen molar-refractivity contribution in [3.05, 3.63) is 194 Å². The molecule has 2 saturated carbocycles. The Kier molecular flexibility index (Phi) is 23.9. The molecule has 14 nitrogen and oxygen atoms in total. The molecule has 0 saturated heterocycles. The molecule has 3 atom stereocenters. The van der Waals surface area contributed by atoms with Gasteiger partial charge in [-0.25, -0.2) is 4.79 Å². The third-order valence-electron chi connectivity index (χ3n) is 20.2. The van der Waals surface area contributed by atoms with Crippen LogP contribution >= 0.6 is 0 Å². The summed E-state index contributed by atoms with van der Waals surface area (Å²) in [6.45, 7) is 22.8. The summed E-state index contributed by atoms with van der Waals surface area (Å²) in [6, 6.07) is 56.2. The summed E-state index contributed by atoms with van der Waals surface area (Å²) in [6.07, 6.45) is 11.0. The fourth-order valence-corrected chi connectivity index (χ4v) is 11.8. The zero-order valence-corrected chi connectivity index (χ0v) is 59.7. The van der Waals surface area contributed by atoms with Gasteiger partial charge in [-0.05, 0) is 184 Å². The molecule has 14 heteroatoms. The van der Waals surface area contributed by atoms with Crippen molar-refractivity contribution in [2.75, 3.05) is 0 Å². The average molecular weight is 1350 g/mol. The zero-order valence-electron chi connectivity index (χ0n) is 59.7. The van der Waals surface area contributed by atoms with E-state index in [1.807, 2.05) is 204 Å². The third-order valence-corrected chi connectivity index (χ3v) is 20.2. The molecular weight excluding hydrogens is 1260 g/mol. The molecule has 0 aliphatic heterocycles. The first-order chi connectivity index (χ1) is 47.7. The van der Waals surface area contributed by atoms with Crippen molar-refractivity contribution in [3.8, 4) is 46.0 Å². The highest BCUT2D eigenvalue weighted by Crippen LogP contribution is 2.45. The van der Waals surface area contributed by atoms with Crippen LogP contribution in [-0.2, 0) is 24.0 Å². The highest BCUT2D eigenvalue weighted by Gasteiger charge is 2.37. The van der Waals surface area contributed by atoms with Gasteiger partial charge in [0.15, 0.2) is 0 Å². The number of phenols is 2. The maximum Gasteiger partial charge on any atom is 0.343 e. The summed E-state index contributed by atoms with van der Waals surface area (Å²) >= 11 is 0. The molecule has 100 heavy (non-hydrogen) atoms. The lowest BCUT2D eigenvalue weighted by Gasteiger charge is -2.38. The van der Waals surface area contributed by atoms with E-state index >= 15 is 0 Å². The fraction of sp³-hybridized carbons (Fsp3) is 0.349. The minimum absolute atomic E-state index is 0.0130. The maximum atomic E-state index is 13.0. The second-order valence-electron chi connectivity index (χ2n) is 28.7. The van der Waals surface area contributed by atoms with E-state index in [1.165, 1.54) is 25.7 Å². The van der Waals surface area contributed by atoms with E-state index in [9.17, 15) is 39.0 Å². The Balaban J connectivity index is 0.000000160. The molecule has 3 unspecified atom stereocenters. The van der Waals surface area contributed by atoms with Crippen LogP contribution in [0, 0.1) is 39.4 Å². The van der Waals surface area contributed by atoms with E-state index in [1.54, 1.807) is 66.7 Å². The molecule has 0 radical (unpaired) electrons. The van der Waals surface area contributed by atoms with E-state index < -0.39 is 27.6 Å². The van der Waals surface area contributed by atoms with Gasteiger partial charge in [-0.1, -0.05) is 181 Å². The van der Waals surface area contributed by atoms with E-state index in [0.717, 1.165) is 57.5 Å². The van der Waals surface area contributed by atoms with Crippen LogP contribution in [0.15, 0.2) is 188 Å². The van der Waals surface area contributed by atoms with Gasteiger partial charge in [0.2, 0.25) is 0 Å². The van der Waals surface area contributed by atoms with Crippen molar-refractivity contribution in [2.45, 2.75) is 154 Å². The second-order valence-corrected chi connectivity index (χ2v) is 28.7. The first kappa shape index (κ1) is 74.2. The summed E-state index contributed by atoms with van der Waals surface area (Å²) in [5.74, 6) is 3.11. The molecule has 0 spiro atoms. The van der Waals surface area contributed by atoms with Crippen molar-refractivity contribution >= 4 is 89.7 Å². The van der Waals surface area contributed by atoms with E-state index in [-0.39, 0.29) is 47.3 Å². The number of fused-ring (bicyclic) bond motifs is 6. The van der Waals surface area contributed by atoms with Crippen molar-refractivity contribution in [3.63, 3.8) is 0 Å². The Labute approximate surface area is 586 Å². The number of phenolic OH excluding ortho intramolecular Hbond substituents is 2. The lowest BCUT2D eigenvalue weighted by atomic mass is 9.67. The first-order valence-corrected chi connectivity index (χ1v) is 35.0. The number of carbonyl (C=O) groups excluding carboxylic acids is 6. The smallest absolute Gasteiger partial charge is 0.343 e. The highest BCUT2D eigenvalue weighted by molar-refractivity contribution is 6.02. The molecule has 0 heterocycles. The van der Waals surface area contributed by atoms with Gasteiger partial charge in [0.05, 0.1) is 33.1 Å². The fourth-order valence-electron chi connectivity index (χ4n) is 11.8. The van der Waals surface area contributed by atoms with Gasteiger partial charge in [0.25, 0.3) is 0 Å². The lowest BCUT2D eigenvalue weighted by molar-refractivity contribution is -0.144. The quantitative estimate of drug-likeness (QED) is 0.0684. The van der Waals surface area contributed by atoms with Crippen molar-refractivity contribution in [1.29, 1.82) is 0 Å². The van der Waals surface area contributed by atoms with Gasteiger partial charge in [-0.15, -0.1) is 0 Å². The minimum atomic E-state index is -0.581. The Morgan fingerprint density at radius 2 is 0.650 bits per heavy atom. The Bertz CT molecular complexity index is 4500. The van der Waals surface area contributed by atoms with Gasteiger partial charge in [-0.3, -0.25) is 24.0 Å². The van der Waals surface area contributed by atoms with Gasteiger partial charge in [-0.2, -0.15) is 0 Å². The summed E-state index contributed by atoms with van der Waals surface area (Å²) in [5.41, 5.74) is -1.69. The van der Waals surface area contributed by atoms with Crippen molar-refractivity contribution in [2.24, 2.45) is 39.4 Å². The number of hydrogen-bond acceptors (Lipinski definition) is 14. The molecule has 10 aromatic rings. The summed E-state index contributed by atoms with van der Waals surface area (Å²) in [4.78, 5) is 75.2. The molecule has 2 aliphatic carbocycles. The molecule has 2 fully saturated rings. The highest BCUT2D eigenvalue weighted by atomic mass is 16.6. The number of ether oxygens (including phenoxy) is 6. The summed E-state index contributed by atoms with van der Waals surface area (Å²) < 4.78 is 34.1.